The van der Waals surface area contributed by atoms with Crippen molar-refractivity contribution in [3.8, 4) is 0 Å². The van der Waals surface area contributed by atoms with Gasteiger partial charge < -0.3 is 5.41 Å². The maximum Gasteiger partial charge on any atom is 0.141 e. The van der Waals surface area contributed by atoms with Crippen LogP contribution in [0.2, 0.25) is 0 Å². The summed E-state index contributed by atoms with van der Waals surface area (Å²) in [4.78, 5) is 3.92. The van der Waals surface area contributed by atoms with Gasteiger partial charge in [0.25, 0.3) is 0 Å². The molecule has 0 fully saturated rings. The van der Waals surface area contributed by atoms with E-state index in [-0.39, 0.29) is 11.7 Å². The molecule has 70 valence electrons. The average molecular weight is 180 g/mol. The summed E-state index contributed by atoms with van der Waals surface area (Å²) in [7, 11) is 0. The first-order chi connectivity index (χ1) is 6.19. The number of nitrogens with one attached hydrogen (secondary N) is 1. The first kappa shape index (κ1) is 9.84. The molecule has 1 heterocycles. The summed E-state index contributed by atoms with van der Waals surface area (Å²) >= 11 is 0. The molecular formula is C10H13FN2. The van der Waals surface area contributed by atoms with Crippen molar-refractivity contribution in [2.45, 2.75) is 26.2 Å². The second-order valence-electron chi connectivity index (χ2n) is 3.01. The monoisotopic (exact) mass is 180 g/mol. The highest BCUT2D eigenvalue weighted by atomic mass is 19.1. The van der Waals surface area contributed by atoms with Gasteiger partial charge in [-0.05, 0) is 25.0 Å². The Hall–Kier alpha value is -1.25. The van der Waals surface area contributed by atoms with E-state index in [9.17, 15) is 4.39 Å². The predicted molar refractivity (Wildman–Crippen MR) is 50.7 cm³/mol. The van der Waals surface area contributed by atoms with Gasteiger partial charge in [0.15, 0.2) is 0 Å². The van der Waals surface area contributed by atoms with Crippen molar-refractivity contribution in [1.29, 1.82) is 5.41 Å². The van der Waals surface area contributed by atoms with Crippen LogP contribution >= 0.6 is 0 Å². The van der Waals surface area contributed by atoms with Gasteiger partial charge in [-0.1, -0.05) is 6.92 Å². The second kappa shape index (κ2) is 4.12. The van der Waals surface area contributed by atoms with E-state index in [0.29, 0.717) is 0 Å². The molecule has 1 aromatic heterocycles. The van der Waals surface area contributed by atoms with Crippen LogP contribution in [0.3, 0.4) is 0 Å². The zero-order chi connectivity index (χ0) is 9.84. The lowest BCUT2D eigenvalue weighted by molar-refractivity contribution is 0.615. The fourth-order valence-corrected chi connectivity index (χ4v) is 1.33. The molecule has 2 nitrogen and oxygen atoms in total. The Bertz CT molecular complexity index is 310. The maximum absolute atomic E-state index is 12.8. The fraction of sp³-hybridized carbons (Fsp3) is 0.400. The lowest BCUT2D eigenvalue weighted by atomic mass is 9.97. The molecule has 1 aromatic rings. The van der Waals surface area contributed by atoms with Crippen molar-refractivity contribution in [2.24, 2.45) is 0 Å². The van der Waals surface area contributed by atoms with Gasteiger partial charge in [-0.2, -0.15) is 0 Å². The smallest absolute Gasteiger partial charge is 0.141 e. The van der Waals surface area contributed by atoms with Crippen molar-refractivity contribution in [2.75, 3.05) is 0 Å². The Morgan fingerprint density at radius 3 is 2.92 bits per heavy atom. The lowest BCUT2D eigenvalue weighted by Gasteiger charge is -2.11. The Morgan fingerprint density at radius 1 is 1.69 bits per heavy atom. The number of halogens is 1. The van der Waals surface area contributed by atoms with Crippen LogP contribution < -0.4 is 0 Å². The van der Waals surface area contributed by atoms with E-state index in [1.165, 1.54) is 18.5 Å². The van der Waals surface area contributed by atoms with Crippen LogP contribution in [-0.2, 0) is 0 Å². The fourth-order valence-electron chi connectivity index (χ4n) is 1.33. The molecule has 0 aliphatic heterocycles. The van der Waals surface area contributed by atoms with Gasteiger partial charge in [0.1, 0.15) is 5.82 Å². The first-order valence-electron chi connectivity index (χ1n) is 4.31. The van der Waals surface area contributed by atoms with E-state index in [0.717, 1.165) is 17.7 Å². The molecule has 1 N–H and O–H groups in total. The van der Waals surface area contributed by atoms with Crippen LogP contribution in [-0.4, -0.2) is 11.2 Å². The second-order valence-corrected chi connectivity index (χ2v) is 3.01. The number of aromatic nitrogens is 1. The topological polar surface area (TPSA) is 36.7 Å². The van der Waals surface area contributed by atoms with Gasteiger partial charge in [-0.3, -0.25) is 4.98 Å². The minimum absolute atomic E-state index is 0.0109. The highest BCUT2D eigenvalue weighted by Crippen LogP contribution is 2.20. The largest absolute Gasteiger partial charge is 0.312 e. The van der Waals surface area contributed by atoms with Crippen molar-refractivity contribution >= 4 is 6.21 Å². The number of aryl methyl sites for hydroxylation is 1. The summed E-state index contributed by atoms with van der Waals surface area (Å²) in [5.74, 6) is -0.343. The van der Waals surface area contributed by atoms with Gasteiger partial charge >= 0.3 is 0 Å². The summed E-state index contributed by atoms with van der Waals surface area (Å²) in [6.07, 6.45) is 3.34. The van der Waals surface area contributed by atoms with Crippen LogP contribution in [0.15, 0.2) is 12.3 Å². The minimum Gasteiger partial charge on any atom is -0.312 e. The van der Waals surface area contributed by atoms with Gasteiger partial charge in [0, 0.05) is 17.8 Å². The van der Waals surface area contributed by atoms with Crippen molar-refractivity contribution in [3.05, 3.63) is 29.3 Å². The number of hydrogen-bond donors (Lipinski definition) is 1. The molecule has 0 radical (unpaired) electrons. The summed E-state index contributed by atoms with van der Waals surface area (Å²) in [6, 6.07) is 1.46. The molecule has 0 bridgehead atoms. The van der Waals surface area contributed by atoms with E-state index in [4.69, 9.17) is 5.41 Å². The van der Waals surface area contributed by atoms with Gasteiger partial charge in [0.2, 0.25) is 0 Å². The van der Waals surface area contributed by atoms with E-state index in [1.807, 2.05) is 13.8 Å². The minimum atomic E-state index is -0.332. The Morgan fingerprint density at radius 2 is 2.38 bits per heavy atom. The van der Waals surface area contributed by atoms with Crippen LogP contribution in [0.4, 0.5) is 4.39 Å². The summed E-state index contributed by atoms with van der Waals surface area (Å²) in [5.41, 5.74) is 1.62. The Kier molecular flexibility index (Phi) is 3.12. The summed E-state index contributed by atoms with van der Waals surface area (Å²) < 4.78 is 12.8. The molecule has 1 unspecified atom stereocenters. The van der Waals surface area contributed by atoms with Crippen molar-refractivity contribution < 1.29 is 4.39 Å². The van der Waals surface area contributed by atoms with Crippen molar-refractivity contribution in [1.82, 2.24) is 4.98 Å². The maximum atomic E-state index is 12.8. The number of pyridine rings is 1. The predicted octanol–water partition coefficient (Wildman–Crippen LogP) is 2.67. The van der Waals surface area contributed by atoms with E-state index < -0.39 is 0 Å². The SMILES string of the molecule is CCC(C=N)c1cc(F)cnc1C. The molecular weight excluding hydrogens is 167 g/mol. The van der Waals surface area contributed by atoms with Gasteiger partial charge in [0.05, 0.1) is 6.20 Å². The number of hydrogen-bond acceptors (Lipinski definition) is 2. The van der Waals surface area contributed by atoms with Gasteiger partial charge in [-0.25, -0.2) is 4.39 Å². The molecule has 0 aromatic carbocycles. The van der Waals surface area contributed by atoms with Crippen LogP contribution in [0.25, 0.3) is 0 Å². The summed E-state index contributed by atoms with van der Waals surface area (Å²) in [6.45, 7) is 3.81. The van der Waals surface area contributed by atoms with E-state index >= 15 is 0 Å². The molecule has 0 saturated heterocycles. The van der Waals surface area contributed by atoms with Crippen LogP contribution in [0.5, 0.6) is 0 Å². The number of nitrogens with zero attached hydrogens (tertiary/aromatic N) is 1. The molecule has 3 heteroatoms. The third-order valence-corrected chi connectivity index (χ3v) is 2.13. The molecule has 1 rings (SSSR count). The van der Waals surface area contributed by atoms with E-state index in [2.05, 4.69) is 4.98 Å². The zero-order valence-electron chi connectivity index (χ0n) is 7.84. The molecule has 0 spiro atoms. The van der Waals surface area contributed by atoms with Crippen LogP contribution in [0.1, 0.15) is 30.5 Å². The van der Waals surface area contributed by atoms with E-state index in [1.54, 1.807) is 0 Å². The molecule has 1 atom stereocenters. The first-order valence-corrected chi connectivity index (χ1v) is 4.31. The zero-order valence-corrected chi connectivity index (χ0v) is 7.84. The summed E-state index contributed by atoms with van der Waals surface area (Å²) in [5, 5.41) is 7.19. The van der Waals surface area contributed by atoms with Gasteiger partial charge in [-0.15, -0.1) is 0 Å². The van der Waals surface area contributed by atoms with Crippen molar-refractivity contribution in [3.63, 3.8) is 0 Å². The molecule has 0 saturated carbocycles. The normalized spacial score (nSPS) is 12.5. The quantitative estimate of drug-likeness (QED) is 0.713. The third kappa shape index (κ3) is 2.11. The molecule has 13 heavy (non-hydrogen) atoms. The molecule has 0 aliphatic rings. The lowest BCUT2D eigenvalue weighted by Crippen LogP contribution is -2.03. The Labute approximate surface area is 77.3 Å². The average Bonchev–Trinajstić information content (AvgIpc) is 2.13. The molecule has 0 aliphatic carbocycles. The molecule has 0 amide bonds. The van der Waals surface area contributed by atoms with Crippen LogP contribution in [0, 0.1) is 18.2 Å². The highest BCUT2D eigenvalue weighted by molar-refractivity contribution is 5.65. The number of rotatable bonds is 3. The third-order valence-electron chi connectivity index (χ3n) is 2.13. The standard InChI is InChI=1S/C10H13FN2/c1-3-8(5-12)10-4-9(11)6-13-7(10)2/h4-6,8,12H,3H2,1-2H3. The highest BCUT2D eigenvalue weighted by Gasteiger charge is 2.10. The Balaban J connectivity index is 3.10.